The minimum atomic E-state index is -0.409. The summed E-state index contributed by atoms with van der Waals surface area (Å²) in [5, 5.41) is 8.29. The van der Waals surface area contributed by atoms with Crippen LogP contribution in [-0.2, 0) is 12.4 Å². The first kappa shape index (κ1) is 13.3. The Bertz CT molecular complexity index is 534. The highest BCUT2D eigenvalue weighted by atomic mass is 35.5. The van der Waals surface area contributed by atoms with Gasteiger partial charge in [-0.15, -0.1) is 21.8 Å². The Balaban J connectivity index is 2.60. The minimum Gasteiger partial charge on any atom is -0.310 e. The van der Waals surface area contributed by atoms with Crippen molar-refractivity contribution < 1.29 is 4.39 Å². The van der Waals surface area contributed by atoms with E-state index in [1.54, 1.807) is 16.7 Å². The molecular formula is C12H12Cl2FN3. The van der Waals surface area contributed by atoms with Crippen molar-refractivity contribution in [3.63, 3.8) is 0 Å². The first-order valence-corrected chi connectivity index (χ1v) is 6.52. The molecule has 18 heavy (non-hydrogen) atoms. The molecule has 0 bridgehead atoms. The number of benzene rings is 1. The zero-order chi connectivity index (χ0) is 13.1. The maximum absolute atomic E-state index is 13.9. The summed E-state index contributed by atoms with van der Waals surface area (Å²) in [5.74, 6) is 0.871. The quantitative estimate of drug-likeness (QED) is 0.799. The van der Waals surface area contributed by atoms with E-state index in [1.807, 2.05) is 6.92 Å². The molecule has 1 aromatic carbocycles. The lowest BCUT2D eigenvalue weighted by Gasteiger charge is -2.09. The van der Waals surface area contributed by atoms with Crippen molar-refractivity contribution >= 4 is 23.2 Å². The number of hydrogen-bond donors (Lipinski definition) is 0. The van der Waals surface area contributed by atoms with Crippen LogP contribution in [0.5, 0.6) is 0 Å². The largest absolute Gasteiger partial charge is 0.310 e. The molecule has 0 aliphatic rings. The molecule has 0 aliphatic heterocycles. The normalized spacial score (nSPS) is 10.9. The topological polar surface area (TPSA) is 30.7 Å². The van der Waals surface area contributed by atoms with Gasteiger partial charge < -0.3 is 4.57 Å². The molecular weight excluding hydrogens is 276 g/mol. The first-order valence-electron chi connectivity index (χ1n) is 5.61. The molecule has 0 saturated heterocycles. The van der Waals surface area contributed by atoms with Crippen LogP contribution in [0, 0.1) is 5.82 Å². The van der Waals surface area contributed by atoms with Gasteiger partial charge >= 0.3 is 0 Å². The minimum absolute atomic E-state index is 0.235. The molecule has 0 saturated carbocycles. The summed E-state index contributed by atoms with van der Waals surface area (Å²) in [6, 6.07) is 4.54. The Kier molecular flexibility index (Phi) is 4.19. The smallest absolute Gasteiger partial charge is 0.168 e. The van der Waals surface area contributed by atoms with Gasteiger partial charge in [-0.05, 0) is 18.6 Å². The fourth-order valence-corrected chi connectivity index (χ4v) is 2.23. The summed E-state index contributed by atoms with van der Waals surface area (Å²) in [7, 11) is 0. The van der Waals surface area contributed by atoms with E-state index in [1.165, 1.54) is 6.07 Å². The Morgan fingerprint density at radius 2 is 2.11 bits per heavy atom. The molecule has 2 rings (SSSR count). The van der Waals surface area contributed by atoms with Gasteiger partial charge in [-0.2, -0.15) is 0 Å². The molecule has 0 aliphatic carbocycles. The van der Waals surface area contributed by atoms with Gasteiger partial charge in [0.1, 0.15) is 11.6 Å². The molecule has 96 valence electrons. The zero-order valence-electron chi connectivity index (χ0n) is 9.83. The van der Waals surface area contributed by atoms with E-state index in [-0.39, 0.29) is 11.4 Å². The summed E-state index contributed by atoms with van der Waals surface area (Å²) >= 11 is 11.8. The number of rotatable bonds is 4. The lowest BCUT2D eigenvalue weighted by molar-refractivity contribution is 0.621. The second-order valence-electron chi connectivity index (χ2n) is 3.82. The maximum Gasteiger partial charge on any atom is 0.168 e. The molecule has 2 aromatic rings. The molecule has 0 atom stereocenters. The molecule has 0 unspecified atom stereocenters. The lowest BCUT2D eigenvalue weighted by atomic mass is 10.2. The second-order valence-corrected chi connectivity index (χ2v) is 4.50. The van der Waals surface area contributed by atoms with Crippen molar-refractivity contribution in [2.45, 2.75) is 25.8 Å². The van der Waals surface area contributed by atoms with E-state index in [4.69, 9.17) is 23.2 Å². The summed E-state index contributed by atoms with van der Waals surface area (Å²) in [5.41, 5.74) is 0.275. The van der Waals surface area contributed by atoms with E-state index >= 15 is 0 Å². The van der Waals surface area contributed by atoms with Gasteiger partial charge in [-0.3, -0.25) is 0 Å². The molecule has 0 spiro atoms. The van der Waals surface area contributed by atoms with Crippen molar-refractivity contribution in [2.24, 2.45) is 0 Å². The number of aromatic nitrogens is 3. The van der Waals surface area contributed by atoms with Gasteiger partial charge in [0.05, 0.1) is 16.5 Å². The van der Waals surface area contributed by atoms with E-state index in [2.05, 4.69) is 10.2 Å². The predicted octanol–water partition coefficient (Wildman–Crippen LogP) is 3.89. The van der Waals surface area contributed by atoms with Crippen LogP contribution >= 0.6 is 23.2 Å². The fraction of sp³-hybridized carbons (Fsp3) is 0.333. The van der Waals surface area contributed by atoms with Crippen molar-refractivity contribution in [3.05, 3.63) is 34.9 Å². The van der Waals surface area contributed by atoms with Gasteiger partial charge in [0, 0.05) is 6.54 Å². The molecule has 1 aromatic heterocycles. The standard InChI is InChI=1S/C12H12Cl2FN3/c1-2-6-18-10(7-13)16-17-12(18)11-8(14)4-3-5-9(11)15/h3-5H,2,6-7H2,1H3. The zero-order valence-corrected chi connectivity index (χ0v) is 11.3. The van der Waals surface area contributed by atoms with Crippen molar-refractivity contribution in [2.75, 3.05) is 0 Å². The number of alkyl halides is 1. The highest BCUT2D eigenvalue weighted by Crippen LogP contribution is 2.30. The van der Waals surface area contributed by atoms with Crippen LogP contribution in [0.4, 0.5) is 4.39 Å². The first-order chi connectivity index (χ1) is 8.69. The number of nitrogens with zero attached hydrogens (tertiary/aromatic N) is 3. The van der Waals surface area contributed by atoms with Gasteiger partial charge in [-0.1, -0.05) is 24.6 Å². The van der Waals surface area contributed by atoms with E-state index in [0.717, 1.165) is 6.42 Å². The fourth-order valence-electron chi connectivity index (χ4n) is 1.79. The van der Waals surface area contributed by atoms with E-state index in [9.17, 15) is 4.39 Å². The Hall–Kier alpha value is -1.13. The average Bonchev–Trinajstić information content (AvgIpc) is 2.73. The van der Waals surface area contributed by atoms with Crippen LogP contribution in [0.25, 0.3) is 11.4 Å². The summed E-state index contributed by atoms with van der Waals surface area (Å²) in [6.45, 7) is 2.69. The number of halogens is 3. The van der Waals surface area contributed by atoms with Crippen LogP contribution in [0.2, 0.25) is 5.02 Å². The van der Waals surface area contributed by atoms with Crippen LogP contribution in [0.1, 0.15) is 19.2 Å². The highest BCUT2D eigenvalue weighted by Gasteiger charge is 2.18. The molecule has 0 N–H and O–H groups in total. The van der Waals surface area contributed by atoms with Gasteiger partial charge in [0.15, 0.2) is 5.82 Å². The molecule has 6 heteroatoms. The van der Waals surface area contributed by atoms with Crippen LogP contribution in [0.3, 0.4) is 0 Å². The van der Waals surface area contributed by atoms with Crippen LogP contribution in [0.15, 0.2) is 18.2 Å². The summed E-state index contributed by atoms with van der Waals surface area (Å²) in [4.78, 5) is 0. The van der Waals surface area contributed by atoms with Crippen molar-refractivity contribution in [1.29, 1.82) is 0 Å². The van der Waals surface area contributed by atoms with E-state index < -0.39 is 5.82 Å². The molecule has 0 amide bonds. The third-order valence-corrected chi connectivity index (χ3v) is 3.13. The van der Waals surface area contributed by atoms with Crippen molar-refractivity contribution in [1.82, 2.24) is 14.8 Å². The SMILES string of the molecule is CCCn1c(CCl)nnc1-c1c(F)cccc1Cl. The van der Waals surface area contributed by atoms with Gasteiger partial charge in [-0.25, -0.2) is 4.39 Å². The van der Waals surface area contributed by atoms with Gasteiger partial charge in [0.25, 0.3) is 0 Å². The van der Waals surface area contributed by atoms with E-state index in [0.29, 0.717) is 23.2 Å². The molecule has 0 radical (unpaired) electrons. The Labute approximate surface area is 115 Å². The third-order valence-electron chi connectivity index (χ3n) is 2.58. The summed E-state index contributed by atoms with van der Waals surface area (Å²) < 4.78 is 15.7. The monoisotopic (exact) mass is 287 g/mol. The maximum atomic E-state index is 13.9. The van der Waals surface area contributed by atoms with Crippen LogP contribution < -0.4 is 0 Å². The molecule has 3 nitrogen and oxygen atoms in total. The Morgan fingerprint density at radius 3 is 2.72 bits per heavy atom. The molecule has 0 fully saturated rings. The third kappa shape index (κ3) is 2.35. The Morgan fingerprint density at radius 1 is 1.33 bits per heavy atom. The highest BCUT2D eigenvalue weighted by molar-refractivity contribution is 6.33. The number of hydrogen-bond acceptors (Lipinski definition) is 2. The summed E-state index contributed by atoms with van der Waals surface area (Å²) in [6.07, 6.45) is 0.876. The van der Waals surface area contributed by atoms with Crippen LogP contribution in [-0.4, -0.2) is 14.8 Å². The second kappa shape index (κ2) is 5.67. The molecule has 1 heterocycles. The lowest BCUT2D eigenvalue weighted by Crippen LogP contribution is -2.05. The predicted molar refractivity (Wildman–Crippen MR) is 70.3 cm³/mol. The average molecular weight is 288 g/mol. The van der Waals surface area contributed by atoms with Gasteiger partial charge in [0.2, 0.25) is 0 Å². The van der Waals surface area contributed by atoms with Crippen molar-refractivity contribution in [3.8, 4) is 11.4 Å².